The highest BCUT2D eigenvalue weighted by Crippen LogP contribution is 2.27. The molecular weight excluding hydrogens is 480 g/mol. The first-order valence-corrected chi connectivity index (χ1v) is 12.0. The molecule has 0 aliphatic heterocycles. The normalized spacial score (nSPS) is 11.5. The summed E-state index contributed by atoms with van der Waals surface area (Å²) in [5.74, 6) is 0.246. The van der Waals surface area contributed by atoms with E-state index in [-0.39, 0.29) is 22.8 Å². The molecule has 0 fully saturated rings. The highest BCUT2D eigenvalue weighted by Gasteiger charge is 2.18. The number of hydrogen-bond donors (Lipinski definition) is 3. The lowest BCUT2D eigenvalue weighted by molar-refractivity contribution is -0.115. The summed E-state index contributed by atoms with van der Waals surface area (Å²) >= 11 is 6.09. The van der Waals surface area contributed by atoms with Crippen LogP contribution in [0.25, 0.3) is 10.9 Å². The summed E-state index contributed by atoms with van der Waals surface area (Å²) in [6, 6.07) is 14.5. The van der Waals surface area contributed by atoms with Crippen LogP contribution >= 0.6 is 11.6 Å². The van der Waals surface area contributed by atoms with E-state index in [9.17, 15) is 18.3 Å². The molecule has 9 nitrogen and oxygen atoms in total. The number of ether oxygens (including phenoxy) is 1. The molecule has 1 aromatic heterocycles. The minimum absolute atomic E-state index is 0.0208. The number of sulfonamides is 1. The monoisotopic (exact) mass is 500 g/mol. The van der Waals surface area contributed by atoms with Crippen LogP contribution in [0.3, 0.4) is 0 Å². The van der Waals surface area contributed by atoms with Crippen molar-refractivity contribution >= 4 is 44.1 Å². The number of aromatic hydroxyl groups is 1. The average molecular weight is 501 g/mol. The molecule has 0 radical (unpaired) electrons. The Kier molecular flexibility index (Phi) is 6.47. The zero-order chi connectivity index (χ0) is 24.5. The average Bonchev–Trinajstić information content (AvgIpc) is 3.17. The van der Waals surface area contributed by atoms with Crippen LogP contribution in [0.5, 0.6) is 11.5 Å². The van der Waals surface area contributed by atoms with Crippen LogP contribution in [0.1, 0.15) is 11.1 Å². The first-order valence-electron chi connectivity index (χ1n) is 10.1. The lowest BCUT2D eigenvalue weighted by Gasteiger charge is -2.09. The Labute approximate surface area is 200 Å². The summed E-state index contributed by atoms with van der Waals surface area (Å²) < 4.78 is 31.3. The number of amides is 1. The highest BCUT2D eigenvalue weighted by molar-refractivity contribution is 7.89. The number of aromatic nitrogens is 2. The van der Waals surface area contributed by atoms with Crippen molar-refractivity contribution in [2.45, 2.75) is 17.9 Å². The molecular formula is C23H21ClN4O5S. The fraction of sp³-hybridized carbons (Fsp3) is 0.130. The third-order valence-corrected chi connectivity index (χ3v) is 6.43. The van der Waals surface area contributed by atoms with Crippen LogP contribution in [0.2, 0.25) is 5.02 Å². The molecule has 1 amide bonds. The first-order chi connectivity index (χ1) is 16.1. The lowest BCUT2D eigenvalue weighted by Crippen LogP contribution is -2.16. The van der Waals surface area contributed by atoms with Crippen molar-refractivity contribution in [2.75, 3.05) is 12.4 Å². The number of nitrogens with two attached hydrogens (primary N) is 1. The maximum atomic E-state index is 12.6. The summed E-state index contributed by atoms with van der Waals surface area (Å²) in [5, 5.41) is 22.8. The number of fused-ring (bicyclic) bond motifs is 1. The fourth-order valence-corrected chi connectivity index (χ4v) is 4.46. The van der Waals surface area contributed by atoms with Gasteiger partial charge in [0.25, 0.3) is 0 Å². The van der Waals surface area contributed by atoms with Crippen molar-refractivity contribution in [1.82, 2.24) is 9.78 Å². The number of nitrogens with zero attached hydrogens (tertiary/aromatic N) is 2. The molecule has 4 N–H and O–H groups in total. The van der Waals surface area contributed by atoms with E-state index in [4.69, 9.17) is 21.5 Å². The van der Waals surface area contributed by atoms with Crippen LogP contribution in [0.15, 0.2) is 65.7 Å². The molecule has 0 atom stereocenters. The molecule has 4 aromatic rings. The van der Waals surface area contributed by atoms with Crippen LogP contribution in [-0.2, 0) is 27.8 Å². The molecule has 3 aromatic carbocycles. The number of benzene rings is 3. The third kappa shape index (κ3) is 5.30. The van der Waals surface area contributed by atoms with Crippen molar-refractivity contribution < 1.29 is 23.1 Å². The van der Waals surface area contributed by atoms with Crippen molar-refractivity contribution in [2.24, 2.45) is 5.14 Å². The molecule has 34 heavy (non-hydrogen) atoms. The molecule has 176 valence electrons. The summed E-state index contributed by atoms with van der Waals surface area (Å²) in [4.78, 5) is 12.4. The Morgan fingerprint density at radius 3 is 2.59 bits per heavy atom. The second-order valence-electron chi connectivity index (χ2n) is 7.63. The summed E-state index contributed by atoms with van der Waals surface area (Å²) in [6.07, 6.45) is 1.47. The van der Waals surface area contributed by atoms with Crippen molar-refractivity contribution in [3.63, 3.8) is 0 Å². The van der Waals surface area contributed by atoms with Crippen LogP contribution in [0.4, 0.5) is 5.69 Å². The maximum Gasteiger partial charge on any atom is 0.238 e. The number of phenols is 1. The molecule has 4 rings (SSSR count). The summed E-state index contributed by atoms with van der Waals surface area (Å²) in [6.45, 7) is 0.389. The number of halogens is 1. The SMILES string of the molecule is COc1ccc(Cn2cc3c(S(N)(=O)=O)cc(NC(=O)Cc4cc(O)ccc4Cl)cc3n2)cc1. The number of anilines is 1. The summed E-state index contributed by atoms with van der Waals surface area (Å²) in [7, 11) is -2.52. The second kappa shape index (κ2) is 9.34. The van der Waals surface area contributed by atoms with Gasteiger partial charge in [-0.3, -0.25) is 9.48 Å². The number of hydrogen-bond acceptors (Lipinski definition) is 6. The van der Waals surface area contributed by atoms with E-state index < -0.39 is 15.9 Å². The largest absolute Gasteiger partial charge is 0.508 e. The summed E-state index contributed by atoms with van der Waals surface area (Å²) in [5.41, 5.74) is 1.93. The van der Waals surface area contributed by atoms with Crippen molar-refractivity contribution in [3.8, 4) is 11.5 Å². The number of carbonyl (C=O) groups is 1. The third-order valence-electron chi connectivity index (χ3n) is 5.11. The standard InChI is InChI=1S/C23H21ClN4O5S/c1-33-18-5-2-14(3-6-18)12-28-13-19-21(27-28)10-16(11-22(19)34(25,31)32)26-23(30)9-15-8-17(29)4-7-20(15)24/h2-8,10-11,13,29H,9,12H2,1H3,(H,26,30)(H2,25,31,32). The van der Waals surface area contributed by atoms with Crippen LogP contribution < -0.4 is 15.2 Å². The Hall–Kier alpha value is -3.60. The van der Waals surface area contributed by atoms with Crippen molar-refractivity contribution in [1.29, 1.82) is 0 Å². The molecule has 0 aliphatic carbocycles. The van der Waals surface area contributed by atoms with E-state index >= 15 is 0 Å². The quantitative estimate of drug-likeness (QED) is 0.356. The van der Waals surface area contributed by atoms with Gasteiger partial charge in [-0.25, -0.2) is 13.6 Å². The molecule has 0 saturated carbocycles. The predicted octanol–water partition coefficient (Wildman–Crippen LogP) is 3.28. The van der Waals surface area contributed by atoms with Gasteiger partial charge in [0.2, 0.25) is 15.9 Å². The fourth-order valence-electron chi connectivity index (χ4n) is 3.52. The van der Waals surface area contributed by atoms with Crippen LogP contribution in [-0.4, -0.2) is 36.3 Å². The minimum Gasteiger partial charge on any atom is -0.508 e. The molecule has 0 aliphatic rings. The predicted molar refractivity (Wildman–Crippen MR) is 129 cm³/mol. The van der Waals surface area contributed by atoms with Gasteiger partial charge in [0, 0.05) is 22.3 Å². The number of nitrogens with one attached hydrogen (secondary N) is 1. The van der Waals surface area contributed by atoms with Gasteiger partial charge < -0.3 is 15.2 Å². The Bertz CT molecular complexity index is 1480. The first kappa shape index (κ1) is 23.6. The maximum absolute atomic E-state index is 12.6. The van der Waals surface area contributed by atoms with E-state index in [1.54, 1.807) is 24.1 Å². The highest BCUT2D eigenvalue weighted by atomic mass is 35.5. The number of primary sulfonamides is 1. The number of methoxy groups -OCH3 is 1. The van der Waals surface area contributed by atoms with E-state index in [0.29, 0.717) is 28.0 Å². The van der Waals surface area contributed by atoms with E-state index in [0.717, 1.165) is 11.3 Å². The molecule has 0 saturated heterocycles. The van der Waals surface area contributed by atoms with Gasteiger partial charge in [0.05, 0.1) is 30.5 Å². The van der Waals surface area contributed by atoms with E-state index in [1.165, 1.54) is 24.3 Å². The zero-order valence-corrected chi connectivity index (χ0v) is 19.6. The Morgan fingerprint density at radius 1 is 1.18 bits per heavy atom. The molecule has 0 bridgehead atoms. The molecule has 0 spiro atoms. The van der Waals surface area contributed by atoms with Gasteiger partial charge in [0.1, 0.15) is 11.5 Å². The topological polar surface area (TPSA) is 137 Å². The molecule has 1 heterocycles. The van der Waals surface area contributed by atoms with Gasteiger partial charge in [-0.15, -0.1) is 0 Å². The van der Waals surface area contributed by atoms with Gasteiger partial charge in [-0.2, -0.15) is 5.10 Å². The number of rotatable bonds is 7. The van der Waals surface area contributed by atoms with Gasteiger partial charge in [-0.05, 0) is 53.6 Å². The van der Waals surface area contributed by atoms with Crippen molar-refractivity contribution in [3.05, 3.63) is 76.9 Å². The van der Waals surface area contributed by atoms with E-state index in [1.807, 2.05) is 24.3 Å². The van der Waals surface area contributed by atoms with Crippen LogP contribution in [0, 0.1) is 0 Å². The molecule has 0 unspecified atom stereocenters. The minimum atomic E-state index is -4.10. The Morgan fingerprint density at radius 2 is 1.91 bits per heavy atom. The van der Waals surface area contributed by atoms with Gasteiger partial charge in [-0.1, -0.05) is 23.7 Å². The number of phenolic OH excluding ortho intramolecular Hbond substituents is 1. The smallest absolute Gasteiger partial charge is 0.238 e. The van der Waals surface area contributed by atoms with E-state index in [2.05, 4.69) is 10.4 Å². The number of carbonyl (C=O) groups excluding carboxylic acids is 1. The zero-order valence-electron chi connectivity index (χ0n) is 18.0. The second-order valence-corrected chi connectivity index (χ2v) is 9.56. The lowest BCUT2D eigenvalue weighted by atomic mass is 10.1. The molecule has 11 heteroatoms. The Balaban J connectivity index is 1.63. The van der Waals surface area contributed by atoms with Gasteiger partial charge in [0.15, 0.2) is 0 Å². The van der Waals surface area contributed by atoms with Gasteiger partial charge >= 0.3 is 0 Å².